The van der Waals surface area contributed by atoms with E-state index < -0.39 is 0 Å². The van der Waals surface area contributed by atoms with Gasteiger partial charge in [-0.2, -0.15) is 5.26 Å². The summed E-state index contributed by atoms with van der Waals surface area (Å²) in [6.07, 6.45) is 3.72. The van der Waals surface area contributed by atoms with Crippen molar-refractivity contribution in [1.82, 2.24) is 9.55 Å². The highest BCUT2D eigenvalue weighted by molar-refractivity contribution is 6.09. The van der Waals surface area contributed by atoms with Gasteiger partial charge in [-0.3, -0.25) is 4.98 Å². The van der Waals surface area contributed by atoms with Crippen LogP contribution in [0.25, 0.3) is 38.6 Å². The topological polar surface area (TPSA) is 44.9 Å². The highest BCUT2D eigenvalue weighted by Gasteiger charge is 2.37. The maximum absolute atomic E-state index is 9.56. The number of nitrogens with zero attached hydrogens (tertiary/aromatic N) is 4. The molecule has 7 aromatic rings. The third kappa shape index (κ3) is 3.72. The van der Waals surface area contributed by atoms with Crippen LogP contribution in [0.5, 0.6) is 0 Å². The molecule has 0 spiro atoms. The lowest BCUT2D eigenvalue weighted by Crippen LogP contribution is -2.30. The van der Waals surface area contributed by atoms with Gasteiger partial charge in [-0.05, 0) is 71.3 Å². The van der Waals surface area contributed by atoms with Gasteiger partial charge in [0.25, 0.3) is 0 Å². The normalized spacial score (nSPS) is 13.5. The van der Waals surface area contributed by atoms with Crippen molar-refractivity contribution in [3.8, 4) is 22.9 Å². The molecule has 4 nitrogen and oxygen atoms in total. The highest BCUT2D eigenvalue weighted by Crippen LogP contribution is 2.53. The van der Waals surface area contributed by atoms with Crippen molar-refractivity contribution in [3.63, 3.8) is 0 Å². The Morgan fingerprint density at radius 3 is 2.07 bits per heavy atom. The fourth-order valence-electron chi connectivity index (χ4n) is 6.87. The molecule has 4 heteroatoms. The number of rotatable bonds is 3. The van der Waals surface area contributed by atoms with Crippen molar-refractivity contribution in [3.05, 3.63) is 150 Å². The molecule has 0 amide bonds. The van der Waals surface area contributed by atoms with Crippen molar-refractivity contribution in [1.29, 1.82) is 5.26 Å². The maximum Gasteiger partial charge on any atom is 0.0991 e. The van der Waals surface area contributed by atoms with E-state index in [2.05, 4.69) is 131 Å². The molecule has 0 saturated carbocycles. The summed E-state index contributed by atoms with van der Waals surface area (Å²) < 4.78 is 2.27. The lowest BCUT2D eigenvalue weighted by Gasteiger charge is -2.42. The predicted octanol–water partition coefficient (Wildman–Crippen LogP) is 9.83. The Kier molecular flexibility index (Phi) is 5.51. The van der Waals surface area contributed by atoms with E-state index in [1.54, 1.807) is 0 Å². The molecule has 3 heterocycles. The number of anilines is 3. The summed E-state index contributed by atoms with van der Waals surface area (Å²) in [6.45, 7) is 4.64. The fourth-order valence-corrected chi connectivity index (χ4v) is 6.87. The van der Waals surface area contributed by atoms with Crippen molar-refractivity contribution in [2.24, 2.45) is 0 Å². The monoisotopic (exact) mass is 552 g/mol. The van der Waals surface area contributed by atoms with Crippen LogP contribution in [0.15, 0.2) is 134 Å². The molecule has 0 radical (unpaired) electrons. The molecule has 1 aliphatic heterocycles. The van der Waals surface area contributed by atoms with Gasteiger partial charge in [0.2, 0.25) is 0 Å². The van der Waals surface area contributed by atoms with E-state index in [1.165, 1.54) is 22.5 Å². The third-order valence-electron chi connectivity index (χ3n) is 8.89. The number of benzene rings is 5. The van der Waals surface area contributed by atoms with Crippen LogP contribution < -0.4 is 4.90 Å². The predicted molar refractivity (Wildman–Crippen MR) is 176 cm³/mol. The van der Waals surface area contributed by atoms with Gasteiger partial charge in [0.1, 0.15) is 0 Å². The summed E-state index contributed by atoms with van der Waals surface area (Å²) in [5.74, 6) is 0. The van der Waals surface area contributed by atoms with Crippen LogP contribution in [-0.2, 0) is 5.41 Å². The molecule has 1 aliphatic rings. The first-order chi connectivity index (χ1) is 21.1. The van der Waals surface area contributed by atoms with Crippen LogP contribution in [0.2, 0.25) is 0 Å². The number of fused-ring (bicyclic) bond motifs is 5. The average Bonchev–Trinajstić information content (AvgIpc) is 3.39. The van der Waals surface area contributed by atoms with Gasteiger partial charge in [-0.15, -0.1) is 0 Å². The first-order valence-corrected chi connectivity index (χ1v) is 14.5. The van der Waals surface area contributed by atoms with Gasteiger partial charge < -0.3 is 9.47 Å². The Labute approximate surface area is 250 Å². The molecule has 204 valence electrons. The van der Waals surface area contributed by atoms with Crippen LogP contribution in [-0.4, -0.2) is 9.55 Å². The Morgan fingerprint density at radius 1 is 0.651 bits per heavy atom. The van der Waals surface area contributed by atoms with Crippen molar-refractivity contribution >= 4 is 38.9 Å². The van der Waals surface area contributed by atoms with E-state index in [1.807, 2.05) is 36.7 Å². The van der Waals surface area contributed by atoms with Gasteiger partial charge >= 0.3 is 0 Å². The zero-order chi connectivity index (χ0) is 29.1. The van der Waals surface area contributed by atoms with Gasteiger partial charge in [0.15, 0.2) is 0 Å². The lowest BCUT2D eigenvalue weighted by atomic mass is 9.73. The zero-order valence-electron chi connectivity index (χ0n) is 24.0. The number of aromatic nitrogens is 2. The number of pyridine rings is 1. The molecule has 2 aromatic heterocycles. The van der Waals surface area contributed by atoms with Crippen molar-refractivity contribution < 1.29 is 0 Å². The minimum Gasteiger partial charge on any atom is -0.309 e. The smallest absolute Gasteiger partial charge is 0.0991 e. The van der Waals surface area contributed by atoms with Gasteiger partial charge in [-0.25, -0.2) is 0 Å². The maximum atomic E-state index is 9.56. The second-order valence-corrected chi connectivity index (χ2v) is 11.6. The lowest BCUT2D eigenvalue weighted by molar-refractivity contribution is 0.632. The summed E-state index contributed by atoms with van der Waals surface area (Å²) in [5.41, 5.74) is 12.2. The third-order valence-corrected chi connectivity index (χ3v) is 8.89. The molecule has 0 fully saturated rings. The van der Waals surface area contributed by atoms with Crippen molar-refractivity contribution in [2.75, 3.05) is 4.90 Å². The Balaban J connectivity index is 1.34. The van der Waals surface area contributed by atoms with Crippen LogP contribution in [0.3, 0.4) is 0 Å². The Morgan fingerprint density at radius 2 is 1.33 bits per heavy atom. The van der Waals surface area contributed by atoms with Gasteiger partial charge in [0.05, 0.1) is 39.7 Å². The number of para-hydroxylation sites is 3. The molecule has 5 aromatic carbocycles. The second kappa shape index (κ2) is 9.44. The Hall–Kier alpha value is -5.66. The fraction of sp³-hybridized carbons (Fsp3) is 0.0769. The first kappa shape index (κ1) is 25.1. The van der Waals surface area contributed by atoms with E-state index in [4.69, 9.17) is 0 Å². The highest BCUT2D eigenvalue weighted by atomic mass is 15.2. The molecule has 43 heavy (non-hydrogen) atoms. The molecule has 8 rings (SSSR count). The molecule has 0 N–H and O–H groups in total. The molecule has 0 bridgehead atoms. The minimum absolute atomic E-state index is 0.116. The van der Waals surface area contributed by atoms with Gasteiger partial charge in [-0.1, -0.05) is 80.6 Å². The quantitative estimate of drug-likeness (QED) is 0.219. The summed E-state index contributed by atoms with van der Waals surface area (Å²) in [4.78, 5) is 6.82. The van der Waals surface area contributed by atoms with Crippen LogP contribution in [0.4, 0.5) is 17.1 Å². The number of hydrogen-bond donors (Lipinski definition) is 0. The molecular formula is C39H28N4. The molecule has 0 unspecified atom stereocenters. The standard InChI is InChI=1S/C39H28N4/c1-39(2)32-13-4-7-16-37(32)43(38-17-8-5-14-33(38)39)34-15-6-3-12-29(34)27-10-9-11-28(23-27)42-35-19-18-26(24-40)22-30(35)31-25-41-21-20-36(31)42/h3-23,25H,1-2H3. The van der Waals surface area contributed by atoms with Gasteiger partial charge in [0, 0.05) is 39.8 Å². The van der Waals surface area contributed by atoms with E-state index >= 15 is 0 Å². The average molecular weight is 553 g/mol. The SMILES string of the molecule is CC1(C)c2ccccc2N(c2ccccc2-c2cccc(-n3c4ccncc4c4cc(C#N)ccc43)c2)c2ccccc21. The summed E-state index contributed by atoms with van der Waals surface area (Å²) in [7, 11) is 0. The first-order valence-electron chi connectivity index (χ1n) is 14.5. The van der Waals surface area contributed by atoms with E-state index in [0.717, 1.165) is 44.3 Å². The molecular weight excluding hydrogens is 524 g/mol. The van der Waals surface area contributed by atoms with Crippen molar-refractivity contribution in [2.45, 2.75) is 19.3 Å². The second-order valence-electron chi connectivity index (χ2n) is 11.6. The Bertz CT molecular complexity index is 2200. The summed E-state index contributed by atoms with van der Waals surface area (Å²) >= 11 is 0. The summed E-state index contributed by atoms with van der Waals surface area (Å²) in [5, 5.41) is 11.6. The summed E-state index contributed by atoms with van der Waals surface area (Å²) in [6, 6.07) is 45.2. The van der Waals surface area contributed by atoms with E-state index in [-0.39, 0.29) is 5.41 Å². The van der Waals surface area contributed by atoms with E-state index in [0.29, 0.717) is 5.56 Å². The molecule has 0 saturated heterocycles. The number of nitriles is 1. The minimum atomic E-state index is -0.116. The van der Waals surface area contributed by atoms with E-state index in [9.17, 15) is 5.26 Å². The molecule has 0 atom stereocenters. The number of hydrogen-bond acceptors (Lipinski definition) is 3. The van der Waals surface area contributed by atoms with Crippen LogP contribution in [0.1, 0.15) is 30.5 Å². The largest absolute Gasteiger partial charge is 0.309 e. The van der Waals surface area contributed by atoms with Crippen LogP contribution in [0, 0.1) is 11.3 Å². The van der Waals surface area contributed by atoms with Crippen LogP contribution >= 0.6 is 0 Å². The zero-order valence-corrected chi connectivity index (χ0v) is 24.0. The molecule has 0 aliphatic carbocycles.